The highest BCUT2D eigenvalue weighted by Gasteiger charge is 2.28. The van der Waals surface area contributed by atoms with Crippen molar-refractivity contribution in [2.75, 3.05) is 25.5 Å². The number of benzene rings is 1. The molecular weight excluding hydrogens is 530 g/mol. The Morgan fingerprint density at radius 1 is 1.24 bits per heavy atom. The fraction of sp³-hybridized carbons (Fsp3) is 0.273. The number of pyridine rings is 1. The molecule has 0 unspecified atom stereocenters. The molecule has 33 heavy (non-hydrogen) atoms. The number of rotatable bonds is 8. The van der Waals surface area contributed by atoms with Gasteiger partial charge in [-0.05, 0) is 60.0 Å². The summed E-state index contributed by atoms with van der Waals surface area (Å²) in [6.45, 7) is 4.09. The zero-order valence-electron chi connectivity index (χ0n) is 18.3. The van der Waals surface area contributed by atoms with Gasteiger partial charge in [0, 0.05) is 30.7 Å². The van der Waals surface area contributed by atoms with Crippen LogP contribution in [-0.4, -0.2) is 47.6 Å². The molecule has 0 amide bonds. The third kappa shape index (κ3) is 4.65. The van der Waals surface area contributed by atoms with Crippen molar-refractivity contribution in [2.24, 2.45) is 0 Å². The summed E-state index contributed by atoms with van der Waals surface area (Å²) < 4.78 is 34.8. The standard InChI is InChI=1S/C22H23BrClN5O3S/c1-14-22(15(2)32-27-14)33(30,31)28(3)10-6-9-25-21-12-16(17-7-4-5-8-19(17)24)11-20-18(23)13-26-29(20)21/h4-5,7-8,11-13,25H,6,9-10H2,1-3H3. The number of anilines is 1. The van der Waals surface area contributed by atoms with Crippen LogP contribution in [0.1, 0.15) is 17.9 Å². The van der Waals surface area contributed by atoms with Crippen LogP contribution in [0.15, 0.2) is 56.5 Å². The molecule has 3 heterocycles. The van der Waals surface area contributed by atoms with Crippen LogP contribution in [-0.2, 0) is 10.0 Å². The topological polar surface area (TPSA) is 92.7 Å². The zero-order chi connectivity index (χ0) is 23.8. The average Bonchev–Trinajstić information content (AvgIpc) is 3.33. The van der Waals surface area contributed by atoms with E-state index in [0.29, 0.717) is 36.0 Å². The molecule has 0 radical (unpaired) electrons. The lowest BCUT2D eigenvalue weighted by Crippen LogP contribution is -2.29. The molecule has 4 aromatic rings. The summed E-state index contributed by atoms with van der Waals surface area (Å²) in [6, 6.07) is 11.7. The highest BCUT2D eigenvalue weighted by Crippen LogP contribution is 2.32. The molecule has 8 nitrogen and oxygen atoms in total. The summed E-state index contributed by atoms with van der Waals surface area (Å²) in [5.74, 6) is 1.07. The minimum atomic E-state index is -3.67. The van der Waals surface area contributed by atoms with E-state index in [4.69, 9.17) is 16.1 Å². The Morgan fingerprint density at radius 2 is 2.00 bits per heavy atom. The number of nitrogens with one attached hydrogen (secondary N) is 1. The first-order valence-corrected chi connectivity index (χ1v) is 12.9. The number of fused-ring (bicyclic) bond motifs is 1. The molecule has 0 saturated heterocycles. The molecule has 4 rings (SSSR count). The Hall–Kier alpha value is -2.40. The van der Waals surface area contributed by atoms with Crippen molar-refractivity contribution in [3.63, 3.8) is 0 Å². The van der Waals surface area contributed by atoms with Crippen molar-refractivity contribution < 1.29 is 12.9 Å². The van der Waals surface area contributed by atoms with Gasteiger partial charge in [0.15, 0.2) is 5.76 Å². The maximum atomic E-state index is 12.9. The largest absolute Gasteiger partial charge is 0.370 e. The first-order valence-electron chi connectivity index (χ1n) is 10.3. The number of hydrogen-bond acceptors (Lipinski definition) is 6. The van der Waals surface area contributed by atoms with Gasteiger partial charge < -0.3 is 9.84 Å². The van der Waals surface area contributed by atoms with E-state index in [2.05, 4.69) is 31.5 Å². The highest BCUT2D eigenvalue weighted by atomic mass is 79.9. The molecule has 3 aromatic heterocycles. The second-order valence-corrected chi connectivity index (χ2v) is 10.9. The average molecular weight is 553 g/mol. The molecule has 0 aliphatic heterocycles. The Labute approximate surface area is 205 Å². The maximum Gasteiger partial charge on any atom is 0.248 e. The fourth-order valence-electron chi connectivity index (χ4n) is 3.67. The number of halogens is 2. The van der Waals surface area contributed by atoms with Crippen LogP contribution in [0, 0.1) is 13.8 Å². The van der Waals surface area contributed by atoms with Crippen molar-refractivity contribution >= 4 is 48.9 Å². The Kier molecular flexibility index (Phi) is 6.81. The summed E-state index contributed by atoms with van der Waals surface area (Å²) in [6.07, 6.45) is 2.32. The number of hydrogen-bond donors (Lipinski definition) is 1. The van der Waals surface area contributed by atoms with E-state index in [-0.39, 0.29) is 4.90 Å². The van der Waals surface area contributed by atoms with Crippen LogP contribution in [0.5, 0.6) is 0 Å². The minimum Gasteiger partial charge on any atom is -0.370 e. The quantitative estimate of drug-likeness (QED) is 0.304. The van der Waals surface area contributed by atoms with Gasteiger partial charge in [-0.15, -0.1) is 0 Å². The molecule has 0 fully saturated rings. The fourth-order valence-corrected chi connectivity index (χ4v) is 5.78. The third-order valence-electron chi connectivity index (χ3n) is 5.35. The van der Waals surface area contributed by atoms with Gasteiger partial charge in [-0.1, -0.05) is 35.0 Å². The molecular formula is C22H23BrClN5O3S. The van der Waals surface area contributed by atoms with Crippen molar-refractivity contribution in [3.8, 4) is 11.1 Å². The van der Waals surface area contributed by atoms with Gasteiger partial charge in [0.1, 0.15) is 16.4 Å². The number of sulfonamides is 1. The third-order valence-corrected chi connectivity index (χ3v) is 8.39. The smallest absolute Gasteiger partial charge is 0.248 e. The molecule has 0 aliphatic carbocycles. The maximum absolute atomic E-state index is 12.9. The SMILES string of the molecule is Cc1noc(C)c1S(=O)(=O)N(C)CCCNc1cc(-c2ccccc2Cl)cc2c(Br)cnn12. The predicted octanol–water partition coefficient (Wildman–Crippen LogP) is 5.14. The molecule has 1 N–H and O–H groups in total. The van der Waals surface area contributed by atoms with Crippen LogP contribution in [0.4, 0.5) is 5.82 Å². The molecule has 0 spiro atoms. The van der Waals surface area contributed by atoms with Crippen molar-refractivity contribution in [1.82, 2.24) is 19.1 Å². The van der Waals surface area contributed by atoms with Crippen molar-refractivity contribution in [2.45, 2.75) is 25.2 Å². The van der Waals surface area contributed by atoms with E-state index in [0.717, 1.165) is 26.9 Å². The van der Waals surface area contributed by atoms with Gasteiger partial charge in [-0.2, -0.15) is 5.10 Å². The van der Waals surface area contributed by atoms with Crippen LogP contribution >= 0.6 is 27.5 Å². The van der Waals surface area contributed by atoms with Crippen LogP contribution in [0.2, 0.25) is 5.02 Å². The van der Waals surface area contributed by atoms with Gasteiger partial charge in [0.25, 0.3) is 0 Å². The molecule has 174 valence electrons. The van der Waals surface area contributed by atoms with Crippen LogP contribution in [0.3, 0.4) is 0 Å². The lowest BCUT2D eigenvalue weighted by molar-refractivity contribution is 0.389. The van der Waals surface area contributed by atoms with Crippen molar-refractivity contribution in [3.05, 3.63) is 63.5 Å². The van der Waals surface area contributed by atoms with E-state index in [9.17, 15) is 8.42 Å². The minimum absolute atomic E-state index is 0.133. The first kappa shape index (κ1) is 23.7. The second-order valence-electron chi connectivity index (χ2n) is 7.66. The lowest BCUT2D eigenvalue weighted by atomic mass is 10.1. The second kappa shape index (κ2) is 9.46. The van der Waals surface area contributed by atoms with E-state index in [1.807, 2.05) is 36.4 Å². The van der Waals surface area contributed by atoms with Crippen molar-refractivity contribution in [1.29, 1.82) is 0 Å². The summed E-state index contributed by atoms with van der Waals surface area (Å²) >= 11 is 9.97. The van der Waals surface area contributed by atoms with E-state index >= 15 is 0 Å². The molecule has 0 bridgehead atoms. The molecule has 1 aromatic carbocycles. The Morgan fingerprint density at radius 3 is 2.70 bits per heavy atom. The molecule has 11 heteroatoms. The normalized spacial score (nSPS) is 12.1. The summed E-state index contributed by atoms with van der Waals surface area (Å²) in [4.78, 5) is 0.133. The number of nitrogens with zero attached hydrogens (tertiary/aromatic N) is 4. The first-order chi connectivity index (χ1) is 15.7. The van der Waals surface area contributed by atoms with E-state index in [1.54, 1.807) is 31.6 Å². The Bertz CT molecular complexity index is 1400. The van der Waals surface area contributed by atoms with Crippen LogP contribution in [0.25, 0.3) is 16.6 Å². The predicted molar refractivity (Wildman–Crippen MR) is 132 cm³/mol. The molecule has 0 saturated carbocycles. The van der Waals surface area contributed by atoms with E-state index in [1.165, 1.54) is 4.31 Å². The molecule has 0 aliphatic rings. The summed E-state index contributed by atoms with van der Waals surface area (Å²) in [7, 11) is -2.11. The monoisotopic (exact) mass is 551 g/mol. The van der Waals surface area contributed by atoms with Gasteiger partial charge in [0.2, 0.25) is 10.0 Å². The van der Waals surface area contributed by atoms with Gasteiger partial charge in [0.05, 0.1) is 16.2 Å². The number of aromatic nitrogens is 3. The zero-order valence-corrected chi connectivity index (χ0v) is 21.5. The van der Waals surface area contributed by atoms with Gasteiger partial charge in [-0.25, -0.2) is 17.2 Å². The lowest BCUT2D eigenvalue weighted by Gasteiger charge is -2.17. The van der Waals surface area contributed by atoms with Gasteiger partial charge >= 0.3 is 0 Å². The number of aryl methyl sites for hydroxylation is 2. The highest BCUT2D eigenvalue weighted by molar-refractivity contribution is 9.10. The molecule has 0 atom stereocenters. The van der Waals surface area contributed by atoms with Crippen LogP contribution < -0.4 is 5.32 Å². The van der Waals surface area contributed by atoms with Gasteiger partial charge in [-0.3, -0.25) is 0 Å². The Balaban J connectivity index is 1.50. The van der Waals surface area contributed by atoms with E-state index < -0.39 is 10.0 Å². The summed E-state index contributed by atoms with van der Waals surface area (Å²) in [5.41, 5.74) is 3.13. The summed E-state index contributed by atoms with van der Waals surface area (Å²) in [5, 5.41) is 12.2.